The number of hydrogen-bond donors (Lipinski definition) is 0. The molecule has 1 aromatic rings. The summed E-state index contributed by atoms with van der Waals surface area (Å²) in [7, 11) is 1.27. The molecule has 0 N–H and O–H groups in total. The highest BCUT2D eigenvalue weighted by Gasteiger charge is 2.35. The van der Waals surface area contributed by atoms with Gasteiger partial charge in [0.1, 0.15) is 11.9 Å². The number of anilines is 1. The molecule has 18 heavy (non-hydrogen) atoms. The fourth-order valence-electron chi connectivity index (χ4n) is 1.91. The van der Waals surface area contributed by atoms with Crippen LogP contribution in [0.4, 0.5) is 15.8 Å². The maximum atomic E-state index is 13.3. The van der Waals surface area contributed by atoms with Crippen molar-refractivity contribution in [3.8, 4) is 0 Å². The van der Waals surface area contributed by atoms with Gasteiger partial charge in [-0.2, -0.15) is 0 Å². The Bertz CT molecular complexity index is 506. The molecule has 1 aromatic carbocycles. The summed E-state index contributed by atoms with van der Waals surface area (Å²) in [6.45, 7) is 0.542. The second-order valence-electron chi connectivity index (χ2n) is 3.95. The smallest absolute Gasteiger partial charge is 0.328 e. The molecule has 0 amide bonds. The largest absolute Gasteiger partial charge is 0.467 e. The van der Waals surface area contributed by atoms with Crippen LogP contribution in [0.25, 0.3) is 0 Å². The van der Waals surface area contributed by atoms with Crippen molar-refractivity contribution in [3.05, 3.63) is 34.1 Å². The van der Waals surface area contributed by atoms with Crippen LogP contribution < -0.4 is 4.90 Å². The van der Waals surface area contributed by atoms with Crippen molar-refractivity contribution in [2.24, 2.45) is 0 Å². The van der Waals surface area contributed by atoms with E-state index in [0.717, 1.165) is 6.07 Å². The number of benzene rings is 1. The van der Waals surface area contributed by atoms with Crippen LogP contribution >= 0.6 is 0 Å². The minimum absolute atomic E-state index is 0.323. The number of nitro benzene ring substituents is 1. The molecule has 0 spiro atoms. The summed E-state index contributed by atoms with van der Waals surface area (Å²) in [6.07, 6.45) is 0.594. The predicted molar refractivity (Wildman–Crippen MR) is 60.8 cm³/mol. The van der Waals surface area contributed by atoms with E-state index in [1.54, 1.807) is 4.90 Å². The molecule has 1 aliphatic rings. The first-order valence-corrected chi connectivity index (χ1v) is 5.32. The number of rotatable bonds is 3. The van der Waals surface area contributed by atoms with E-state index in [1.165, 1.54) is 19.2 Å². The molecule has 0 saturated carbocycles. The number of hydrogen-bond acceptors (Lipinski definition) is 5. The highest BCUT2D eigenvalue weighted by molar-refractivity contribution is 5.82. The highest BCUT2D eigenvalue weighted by Crippen LogP contribution is 2.30. The summed E-state index contributed by atoms with van der Waals surface area (Å²) < 4.78 is 17.9. The topological polar surface area (TPSA) is 72.7 Å². The molecular weight excluding hydrogens is 243 g/mol. The molecule has 0 aliphatic carbocycles. The van der Waals surface area contributed by atoms with E-state index in [2.05, 4.69) is 4.74 Å². The zero-order valence-electron chi connectivity index (χ0n) is 9.63. The quantitative estimate of drug-likeness (QED) is 0.464. The van der Waals surface area contributed by atoms with Crippen LogP contribution in [0.1, 0.15) is 6.42 Å². The van der Waals surface area contributed by atoms with E-state index in [4.69, 9.17) is 0 Å². The summed E-state index contributed by atoms with van der Waals surface area (Å²) in [5.41, 5.74) is -0.0103. The number of carbonyl (C=O) groups excluding carboxylic acids is 1. The third kappa shape index (κ3) is 2.11. The van der Waals surface area contributed by atoms with Crippen molar-refractivity contribution < 1.29 is 18.8 Å². The van der Waals surface area contributed by atoms with Gasteiger partial charge in [-0.05, 0) is 12.5 Å². The Morgan fingerprint density at radius 3 is 2.78 bits per heavy atom. The lowest BCUT2D eigenvalue weighted by Gasteiger charge is -2.40. The van der Waals surface area contributed by atoms with E-state index in [-0.39, 0.29) is 5.69 Å². The van der Waals surface area contributed by atoms with Gasteiger partial charge >= 0.3 is 5.97 Å². The average molecular weight is 254 g/mol. The van der Waals surface area contributed by atoms with E-state index >= 15 is 0 Å². The van der Waals surface area contributed by atoms with Crippen LogP contribution in [-0.2, 0) is 9.53 Å². The van der Waals surface area contributed by atoms with E-state index in [0.29, 0.717) is 18.7 Å². The lowest BCUT2D eigenvalue weighted by Crippen LogP contribution is -2.53. The summed E-state index contributed by atoms with van der Waals surface area (Å²) in [5.74, 6) is -1.12. The number of nitrogens with zero attached hydrogens (tertiary/aromatic N) is 2. The van der Waals surface area contributed by atoms with Crippen LogP contribution in [0.3, 0.4) is 0 Å². The first-order chi connectivity index (χ1) is 8.52. The number of carbonyl (C=O) groups is 1. The average Bonchev–Trinajstić information content (AvgIpc) is 2.26. The minimum atomic E-state index is -0.699. The SMILES string of the molecule is COC(=O)C1CCN1c1cc(F)cc([N+](=O)[O-])c1. The third-order valence-electron chi connectivity index (χ3n) is 2.90. The Labute approximate surface area is 102 Å². The first-order valence-electron chi connectivity index (χ1n) is 5.32. The summed E-state index contributed by atoms with van der Waals surface area (Å²) in [5, 5.41) is 10.6. The molecule has 0 bridgehead atoms. The molecule has 6 nitrogen and oxygen atoms in total. The number of methoxy groups -OCH3 is 1. The monoisotopic (exact) mass is 254 g/mol. The van der Waals surface area contributed by atoms with Gasteiger partial charge in [-0.25, -0.2) is 9.18 Å². The number of ether oxygens (including phenoxy) is 1. The molecule has 1 saturated heterocycles. The van der Waals surface area contributed by atoms with Crippen molar-refractivity contribution in [2.75, 3.05) is 18.6 Å². The lowest BCUT2D eigenvalue weighted by molar-refractivity contribution is -0.385. The van der Waals surface area contributed by atoms with Gasteiger partial charge in [0.25, 0.3) is 5.69 Å². The standard InChI is InChI=1S/C11H11FN2O4/c1-18-11(15)10-2-3-13(10)8-4-7(12)5-9(6-8)14(16)17/h4-6,10H,2-3H2,1H3. The fraction of sp³-hybridized carbons (Fsp3) is 0.364. The molecule has 7 heteroatoms. The molecule has 1 atom stereocenters. The number of halogens is 1. The number of nitro groups is 1. The van der Waals surface area contributed by atoms with Crippen LogP contribution in [0, 0.1) is 15.9 Å². The second-order valence-corrected chi connectivity index (χ2v) is 3.95. The van der Waals surface area contributed by atoms with Gasteiger partial charge in [-0.15, -0.1) is 0 Å². The summed E-state index contributed by atoms with van der Waals surface area (Å²) in [4.78, 5) is 22.9. The molecule has 2 rings (SSSR count). The van der Waals surface area contributed by atoms with Gasteiger partial charge in [0.05, 0.1) is 18.1 Å². The second kappa shape index (κ2) is 4.59. The molecule has 0 radical (unpaired) electrons. The van der Waals surface area contributed by atoms with Gasteiger partial charge in [-0.1, -0.05) is 0 Å². The van der Waals surface area contributed by atoms with Gasteiger partial charge in [0.2, 0.25) is 0 Å². The Balaban J connectivity index is 2.28. The number of non-ortho nitro benzene ring substituents is 1. The Hall–Kier alpha value is -2.18. The van der Waals surface area contributed by atoms with E-state index in [9.17, 15) is 19.3 Å². The molecule has 1 fully saturated rings. The predicted octanol–water partition coefficient (Wildman–Crippen LogP) is 1.49. The molecule has 1 aliphatic heterocycles. The van der Waals surface area contributed by atoms with Gasteiger partial charge in [0.15, 0.2) is 0 Å². The highest BCUT2D eigenvalue weighted by atomic mass is 19.1. The molecule has 0 aromatic heterocycles. The van der Waals surface area contributed by atoms with Crippen molar-refractivity contribution in [2.45, 2.75) is 12.5 Å². The zero-order valence-corrected chi connectivity index (χ0v) is 9.63. The summed E-state index contributed by atoms with van der Waals surface area (Å²) >= 11 is 0. The molecular formula is C11H11FN2O4. The van der Waals surface area contributed by atoms with Gasteiger partial charge < -0.3 is 9.64 Å². The maximum Gasteiger partial charge on any atom is 0.328 e. The number of esters is 1. The van der Waals surface area contributed by atoms with E-state index < -0.39 is 22.8 Å². The zero-order chi connectivity index (χ0) is 13.3. The third-order valence-corrected chi connectivity index (χ3v) is 2.90. The van der Waals surface area contributed by atoms with Crippen LogP contribution in [0.2, 0.25) is 0 Å². The summed E-state index contributed by atoms with van der Waals surface area (Å²) in [6, 6.07) is 2.77. The van der Waals surface area contributed by atoms with Gasteiger partial charge in [0, 0.05) is 18.3 Å². The fourth-order valence-corrected chi connectivity index (χ4v) is 1.91. The Kier molecular flexibility index (Phi) is 3.14. The normalized spacial score (nSPS) is 18.1. The van der Waals surface area contributed by atoms with Crippen LogP contribution in [-0.4, -0.2) is 30.6 Å². The Morgan fingerprint density at radius 1 is 1.56 bits per heavy atom. The first kappa shape index (κ1) is 12.3. The van der Waals surface area contributed by atoms with E-state index in [1.807, 2.05) is 0 Å². The van der Waals surface area contributed by atoms with Crippen LogP contribution in [0.15, 0.2) is 18.2 Å². The Morgan fingerprint density at radius 2 is 2.28 bits per heavy atom. The van der Waals surface area contributed by atoms with Crippen molar-refractivity contribution in [1.82, 2.24) is 0 Å². The molecule has 1 heterocycles. The minimum Gasteiger partial charge on any atom is -0.467 e. The van der Waals surface area contributed by atoms with Crippen molar-refractivity contribution in [1.29, 1.82) is 0 Å². The molecule has 96 valence electrons. The molecule has 1 unspecified atom stereocenters. The lowest BCUT2D eigenvalue weighted by atomic mass is 10.0. The van der Waals surface area contributed by atoms with Crippen LogP contribution in [0.5, 0.6) is 0 Å². The van der Waals surface area contributed by atoms with Crippen molar-refractivity contribution >= 4 is 17.3 Å². The maximum absolute atomic E-state index is 13.3. The van der Waals surface area contributed by atoms with Crippen molar-refractivity contribution in [3.63, 3.8) is 0 Å². The van der Waals surface area contributed by atoms with Gasteiger partial charge in [-0.3, -0.25) is 10.1 Å².